The molecular weight excluding hydrogens is 368 g/mol. The number of anilines is 2. The summed E-state index contributed by atoms with van der Waals surface area (Å²) in [6.45, 7) is 2.46. The molecule has 0 saturated heterocycles. The van der Waals surface area contributed by atoms with Crippen LogP contribution in [-0.2, 0) is 11.3 Å². The number of aromatic nitrogens is 3. The number of imidazole rings is 1. The first-order valence-electron chi connectivity index (χ1n) is 9.40. The fraction of sp³-hybridized carbons (Fsp3) is 0.238. The maximum Gasteiger partial charge on any atom is 0.256 e. The summed E-state index contributed by atoms with van der Waals surface area (Å²) in [5, 5.41) is 5.98. The first-order chi connectivity index (χ1) is 14.0. The second-order valence-electron chi connectivity index (χ2n) is 6.91. The molecule has 3 heterocycles. The smallest absolute Gasteiger partial charge is 0.256 e. The highest BCUT2D eigenvalue weighted by Gasteiger charge is 2.31. The van der Waals surface area contributed by atoms with Crippen molar-refractivity contribution < 1.29 is 9.59 Å². The number of nitrogens with one attached hydrogen (secondary N) is 2. The maximum atomic E-state index is 12.5. The van der Waals surface area contributed by atoms with Gasteiger partial charge < -0.3 is 20.1 Å². The standard InChI is InChI=1S/C21H22N6O2/c1-14-22-11-13-27(14)12-9-18(28)24-17-8-4-3-6-15(17)20-25-21(29)16-7-5-10-23-19(16)26(20)2/h3-8,10-11,13,20H,9,12H2,1-2H3,(H,24,28)(H,25,29)/t20-/m1/s1. The van der Waals surface area contributed by atoms with Crippen LogP contribution in [0.5, 0.6) is 0 Å². The number of pyridine rings is 1. The molecule has 0 bridgehead atoms. The van der Waals surface area contributed by atoms with Crippen LogP contribution >= 0.6 is 0 Å². The highest BCUT2D eigenvalue weighted by Crippen LogP contribution is 2.33. The average Bonchev–Trinajstić information content (AvgIpc) is 3.14. The largest absolute Gasteiger partial charge is 0.335 e. The van der Waals surface area contributed by atoms with E-state index in [4.69, 9.17) is 0 Å². The Kier molecular flexibility index (Phi) is 4.99. The van der Waals surface area contributed by atoms with Gasteiger partial charge in [0.1, 0.15) is 17.8 Å². The van der Waals surface area contributed by atoms with Crippen LogP contribution in [0.15, 0.2) is 55.0 Å². The number of fused-ring (bicyclic) bond motifs is 1. The number of nitrogens with zero attached hydrogens (tertiary/aromatic N) is 4. The number of rotatable bonds is 5. The number of para-hydroxylation sites is 1. The molecule has 2 aromatic heterocycles. The first-order valence-corrected chi connectivity index (χ1v) is 9.40. The van der Waals surface area contributed by atoms with E-state index in [2.05, 4.69) is 20.6 Å². The van der Waals surface area contributed by atoms with E-state index >= 15 is 0 Å². The van der Waals surface area contributed by atoms with Crippen LogP contribution in [0, 0.1) is 6.92 Å². The minimum atomic E-state index is -0.433. The number of amides is 2. The summed E-state index contributed by atoms with van der Waals surface area (Å²) in [5.74, 6) is 1.19. The summed E-state index contributed by atoms with van der Waals surface area (Å²) in [6.07, 6.45) is 5.13. The molecule has 0 aliphatic carbocycles. The second-order valence-corrected chi connectivity index (χ2v) is 6.91. The molecular formula is C21H22N6O2. The van der Waals surface area contributed by atoms with E-state index in [1.165, 1.54) is 0 Å². The summed E-state index contributed by atoms with van der Waals surface area (Å²) in [4.78, 5) is 35.5. The Morgan fingerprint density at radius 1 is 1.17 bits per heavy atom. The van der Waals surface area contributed by atoms with Gasteiger partial charge in [0.2, 0.25) is 5.91 Å². The lowest BCUT2D eigenvalue weighted by atomic mass is 10.0. The number of benzene rings is 1. The van der Waals surface area contributed by atoms with Crippen LogP contribution in [0.2, 0.25) is 0 Å². The number of carbonyl (C=O) groups excluding carboxylic acids is 2. The maximum absolute atomic E-state index is 12.5. The van der Waals surface area contributed by atoms with E-state index in [0.29, 0.717) is 30.0 Å². The highest BCUT2D eigenvalue weighted by molar-refractivity contribution is 6.01. The predicted molar refractivity (Wildman–Crippen MR) is 109 cm³/mol. The van der Waals surface area contributed by atoms with Gasteiger partial charge in [0, 0.05) is 49.9 Å². The lowest BCUT2D eigenvalue weighted by Crippen LogP contribution is -2.45. The van der Waals surface area contributed by atoms with Gasteiger partial charge in [-0.2, -0.15) is 0 Å². The van der Waals surface area contributed by atoms with Crippen molar-refractivity contribution in [2.75, 3.05) is 17.3 Å². The molecule has 0 saturated carbocycles. The molecule has 1 aromatic carbocycles. The molecule has 29 heavy (non-hydrogen) atoms. The molecule has 8 nitrogen and oxygen atoms in total. The number of hydrogen-bond donors (Lipinski definition) is 2. The molecule has 1 aliphatic rings. The van der Waals surface area contributed by atoms with Gasteiger partial charge in [-0.1, -0.05) is 18.2 Å². The van der Waals surface area contributed by atoms with Gasteiger partial charge >= 0.3 is 0 Å². The van der Waals surface area contributed by atoms with Gasteiger partial charge in [0.25, 0.3) is 5.91 Å². The molecule has 0 fully saturated rings. The van der Waals surface area contributed by atoms with Crippen molar-refractivity contribution in [3.05, 3.63) is 71.9 Å². The van der Waals surface area contributed by atoms with E-state index in [1.54, 1.807) is 24.5 Å². The number of aryl methyl sites for hydroxylation is 2. The van der Waals surface area contributed by atoms with Crippen molar-refractivity contribution in [3.63, 3.8) is 0 Å². The van der Waals surface area contributed by atoms with Crippen LogP contribution < -0.4 is 15.5 Å². The van der Waals surface area contributed by atoms with Crippen LogP contribution in [0.4, 0.5) is 11.5 Å². The zero-order valence-electron chi connectivity index (χ0n) is 16.3. The molecule has 0 unspecified atom stereocenters. The Morgan fingerprint density at radius 2 is 2.00 bits per heavy atom. The third-order valence-electron chi connectivity index (χ3n) is 5.05. The molecule has 3 aromatic rings. The van der Waals surface area contributed by atoms with Gasteiger partial charge in [0.05, 0.1) is 5.56 Å². The van der Waals surface area contributed by atoms with Crippen molar-refractivity contribution in [3.8, 4) is 0 Å². The lowest BCUT2D eigenvalue weighted by molar-refractivity contribution is -0.116. The minimum absolute atomic E-state index is 0.103. The van der Waals surface area contributed by atoms with Gasteiger partial charge in [-0.05, 0) is 25.1 Å². The van der Waals surface area contributed by atoms with Crippen molar-refractivity contribution in [2.45, 2.75) is 26.1 Å². The third-order valence-corrected chi connectivity index (χ3v) is 5.05. The summed E-state index contributed by atoms with van der Waals surface area (Å²) in [6, 6.07) is 11.0. The van der Waals surface area contributed by atoms with Crippen LogP contribution in [0.1, 0.15) is 34.3 Å². The number of carbonyl (C=O) groups is 2. The lowest BCUT2D eigenvalue weighted by Gasteiger charge is -2.36. The second kappa shape index (κ2) is 7.75. The molecule has 8 heteroatoms. The van der Waals surface area contributed by atoms with E-state index in [0.717, 1.165) is 11.4 Å². The molecule has 0 spiro atoms. The molecule has 4 rings (SSSR count). The van der Waals surface area contributed by atoms with Gasteiger partial charge in [-0.3, -0.25) is 9.59 Å². The van der Waals surface area contributed by atoms with Crippen LogP contribution in [0.25, 0.3) is 0 Å². The van der Waals surface area contributed by atoms with Crippen LogP contribution in [-0.4, -0.2) is 33.4 Å². The summed E-state index contributed by atoms with van der Waals surface area (Å²) in [7, 11) is 1.87. The van der Waals surface area contributed by atoms with Gasteiger partial charge in [-0.25, -0.2) is 9.97 Å². The fourth-order valence-electron chi connectivity index (χ4n) is 3.49. The molecule has 1 aliphatic heterocycles. The highest BCUT2D eigenvalue weighted by atomic mass is 16.2. The summed E-state index contributed by atoms with van der Waals surface area (Å²) >= 11 is 0. The van der Waals surface area contributed by atoms with E-state index < -0.39 is 6.17 Å². The van der Waals surface area contributed by atoms with Gasteiger partial charge in [-0.15, -0.1) is 0 Å². The Hall–Kier alpha value is -3.68. The third kappa shape index (κ3) is 3.69. The Morgan fingerprint density at radius 3 is 2.79 bits per heavy atom. The number of hydrogen-bond acceptors (Lipinski definition) is 5. The topological polar surface area (TPSA) is 92.2 Å². The van der Waals surface area contributed by atoms with Crippen LogP contribution in [0.3, 0.4) is 0 Å². The Labute approximate surface area is 168 Å². The monoisotopic (exact) mass is 390 g/mol. The minimum Gasteiger partial charge on any atom is -0.335 e. The molecule has 2 amide bonds. The molecule has 2 N–H and O–H groups in total. The Balaban J connectivity index is 1.53. The summed E-state index contributed by atoms with van der Waals surface area (Å²) < 4.78 is 1.93. The predicted octanol–water partition coefficient (Wildman–Crippen LogP) is 2.49. The quantitative estimate of drug-likeness (QED) is 0.698. The fourth-order valence-corrected chi connectivity index (χ4v) is 3.49. The van der Waals surface area contributed by atoms with E-state index in [1.807, 2.05) is 53.9 Å². The average molecular weight is 390 g/mol. The zero-order chi connectivity index (χ0) is 20.4. The molecule has 148 valence electrons. The zero-order valence-corrected chi connectivity index (χ0v) is 16.3. The normalized spacial score (nSPS) is 15.6. The molecule has 0 radical (unpaired) electrons. The van der Waals surface area contributed by atoms with Crippen molar-refractivity contribution >= 4 is 23.3 Å². The molecule has 1 atom stereocenters. The van der Waals surface area contributed by atoms with Gasteiger partial charge in [0.15, 0.2) is 0 Å². The Bertz CT molecular complexity index is 1060. The van der Waals surface area contributed by atoms with Crippen molar-refractivity contribution in [1.29, 1.82) is 0 Å². The SMILES string of the molecule is Cc1nccn1CCC(=O)Nc1ccccc1[C@@H]1NC(=O)c2cccnc2N1C. The summed E-state index contributed by atoms with van der Waals surface area (Å²) in [5.41, 5.74) is 1.99. The van der Waals surface area contributed by atoms with Crippen molar-refractivity contribution in [1.82, 2.24) is 19.9 Å². The van der Waals surface area contributed by atoms with Crippen molar-refractivity contribution in [2.24, 2.45) is 0 Å². The van der Waals surface area contributed by atoms with E-state index in [9.17, 15) is 9.59 Å². The first kappa shape index (κ1) is 18.7. The van der Waals surface area contributed by atoms with E-state index in [-0.39, 0.29) is 11.8 Å².